The molecular weight excluding hydrogens is 425 g/mol. The molecule has 0 fully saturated rings. The van der Waals surface area contributed by atoms with Gasteiger partial charge in [-0.05, 0) is 30.7 Å². The van der Waals surface area contributed by atoms with Crippen LogP contribution in [0.15, 0.2) is 47.5 Å². The lowest BCUT2D eigenvalue weighted by molar-refractivity contribution is -0.153. The summed E-state index contributed by atoms with van der Waals surface area (Å²) in [6, 6.07) is 11.6. The molecule has 0 aromatic heterocycles. The smallest absolute Gasteiger partial charge is 0.422 e. The number of benzene rings is 2. The molecule has 0 spiro atoms. The van der Waals surface area contributed by atoms with Crippen LogP contribution < -0.4 is 15.4 Å². The first-order valence-electron chi connectivity index (χ1n) is 9.88. The lowest BCUT2D eigenvalue weighted by atomic mass is 10.1. The number of guanidine groups is 1. The number of hydrogen-bond acceptors (Lipinski definition) is 4. The maximum absolute atomic E-state index is 12.5. The van der Waals surface area contributed by atoms with E-state index in [1.807, 2.05) is 0 Å². The summed E-state index contributed by atoms with van der Waals surface area (Å²) in [5, 5.41) is 5.99. The average molecular weight is 448 g/mol. The Hall–Kier alpha value is -3.56. The number of amides is 2. The molecule has 0 saturated heterocycles. The molecule has 0 atom stereocenters. The van der Waals surface area contributed by atoms with Crippen molar-refractivity contribution in [1.82, 2.24) is 15.5 Å². The summed E-state index contributed by atoms with van der Waals surface area (Å²) in [7, 11) is 1.54. The predicted octanol–water partition coefficient (Wildman–Crippen LogP) is 2.90. The minimum absolute atomic E-state index is 0.135. The van der Waals surface area contributed by atoms with Gasteiger partial charge in [-0.15, -0.1) is 0 Å². The van der Waals surface area contributed by atoms with Crippen molar-refractivity contribution >= 4 is 17.8 Å². The van der Waals surface area contributed by atoms with Crippen molar-refractivity contribution < 1.29 is 27.5 Å². The molecule has 2 aromatic carbocycles. The molecule has 3 rings (SSSR count). The van der Waals surface area contributed by atoms with Gasteiger partial charge in [0, 0.05) is 32.2 Å². The summed E-state index contributed by atoms with van der Waals surface area (Å²) < 4.78 is 42.5. The number of nitrogens with zero attached hydrogens (tertiary/aromatic N) is 2. The molecule has 1 heterocycles. The molecule has 7 nitrogen and oxygen atoms in total. The van der Waals surface area contributed by atoms with E-state index in [1.54, 1.807) is 49.4 Å². The number of alkyl halides is 3. The van der Waals surface area contributed by atoms with Gasteiger partial charge >= 0.3 is 6.18 Å². The number of hydrogen-bond donors (Lipinski definition) is 2. The Morgan fingerprint density at radius 2 is 1.72 bits per heavy atom. The van der Waals surface area contributed by atoms with E-state index in [0.29, 0.717) is 22.6 Å². The highest BCUT2D eigenvalue weighted by molar-refractivity contribution is 6.21. The van der Waals surface area contributed by atoms with Crippen LogP contribution in [0.25, 0.3) is 0 Å². The van der Waals surface area contributed by atoms with Crippen molar-refractivity contribution in [3.8, 4) is 5.75 Å². The van der Waals surface area contributed by atoms with Crippen LogP contribution in [0.2, 0.25) is 0 Å². The van der Waals surface area contributed by atoms with Crippen molar-refractivity contribution in [2.45, 2.75) is 19.6 Å². The van der Waals surface area contributed by atoms with Crippen molar-refractivity contribution in [3.05, 3.63) is 64.7 Å². The molecule has 0 unspecified atom stereocenters. The molecule has 1 aliphatic heterocycles. The summed E-state index contributed by atoms with van der Waals surface area (Å²) in [5.41, 5.74) is 2.06. The monoisotopic (exact) mass is 448 g/mol. The zero-order chi connectivity index (χ0) is 23.3. The molecule has 2 aromatic rings. The van der Waals surface area contributed by atoms with Crippen molar-refractivity contribution in [3.63, 3.8) is 0 Å². The predicted molar refractivity (Wildman–Crippen MR) is 113 cm³/mol. The summed E-state index contributed by atoms with van der Waals surface area (Å²) in [4.78, 5) is 30.0. The van der Waals surface area contributed by atoms with Crippen molar-refractivity contribution in [1.29, 1.82) is 0 Å². The fraction of sp³-hybridized carbons (Fsp3) is 0.318. The van der Waals surface area contributed by atoms with Crippen molar-refractivity contribution in [2.24, 2.45) is 4.99 Å². The average Bonchev–Trinajstić information content (AvgIpc) is 3.00. The fourth-order valence-electron chi connectivity index (χ4n) is 3.23. The highest BCUT2D eigenvalue weighted by atomic mass is 19.4. The minimum atomic E-state index is -4.43. The van der Waals surface area contributed by atoms with Gasteiger partial charge in [0.05, 0.1) is 11.1 Å². The zero-order valence-electron chi connectivity index (χ0n) is 17.6. The Kier molecular flexibility index (Phi) is 7.01. The number of carbonyl (C=O) groups excluding carboxylic acids is 2. The first-order valence-corrected chi connectivity index (χ1v) is 9.88. The molecule has 0 aliphatic carbocycles. The molecule has 10 heteroatoms. The maximum atomic E-state index is 12.5. The molecule has 1 aliphatic rings. The molecular formula is C22H23F3N4O3. The van der Waals surface area contributed by atoms with Crippen LogP contribution in [0, 0.1) is 6.92 Å². The van der Waals surface area contributed by atoms with E-state index in [1.165, 1.54) is 7.05 Å². The number of imide groups is 1. The number of aliphatic imine (C=N–C) groups is 1. The third-order valence-corrected chi connectivity index (χ3v) is 4.79. The van der Waals surface area contributed by atoms with Crippen LogP contribution >= 0.6 is 0 Å². The number of carbonyl (C=O) groups is 2. The Bertz CT molecular complexity index is 1000. The van der Waals surface area contributed by atoms with E-state index in [4.69, 9.17) is 4.74 Å². The largest absolute Gasteiger partial charge is 0.484 e. The van der Waals surface area contributed by atoms with Crippen LogP contribution in [-0.4, -0.2) is 55.6 Å². The van der Waals surface area contributed by atoms with Gasteiger partial charge in [-0.2, -0.15) is 13.2 Å². The van der Waals surface area contributed by atoms with E-state index in [0.717, 1.165) is 10.5 Å². The Balaban J connectivity index is 1.54. The van der Waals surface area contributed by atoms with Gasteiger partial charge < -0.3 is 15.4 Å². The van der Waals surface area contributed by atoms with Gasteiger partial charge in [0.2, 0.25) is 0 Å². The molecule has 170 valence electrons. The summed E-state index contributed by atoms with van der Waals surface area (Å²) >= 11 is 0. The Morgan fingerprint density at radius 1 is 1.06 bits per heavy atom. The zero-order valence-corrected chi connectivity index (χ0v) is 17.6. The number of halogens is 3. The number of fused-ring (bicyclic) bond motifs is 1. The van der Waals surface area contributed by atoms with Gasteiger partial charge in [0.15, 0.2) is 12.6 Å². The second-order valence-corrected chi connectivity index (χ2v) is 7.18. The highest BCUT2D eigenvalue weighted by Gasteiger charge is 2.34. The quantitative estimate of drug-likeness (QED) is 0.387. The first-order chi connectivity index (χ1) is 15.2. The standard InChI is InChI=1S/C22H23F3N4O3/c1-14-7-8-15(18(11-14)32-13-22(23,24)25)12-28-21(26-2)27-9-10-29-19(30)16-5-3-4-6-17(16)20(29)31/h3-8,11H,9-10,12-13H2,1-2H3,(H2,26,27,28). The van der Waals surface area contributed by atoms with Crippen LogP contribution in [0.3, 0.4) is 0 Å². The van der Waals surface area contributed by atoms with E-state index in [-0.39, 0.29) is 37.2 Å². The van der Waals surface area contributed by atoms with Gasteiger partial charge in [-0.1, -0.05) is 24.3 Å². The molecule has 0 bridgehead atoms. The van der Waals surface area contributed by atoms with Crippen molar-refractivity contribution in [2.75, 3.05) is 26.7 Å². The lowest BCUT2D eigenvalue weighted by Crippen LogP contribution is -2.42. The third kappa shape index (κ3) is 5.57. The summed E-state index contributed by atoms with van der Waals surface area (Å²) in [6.45, 7) is 0.933. The van der Waals surface area contributed by atoms with Crippen LogP contribution in [-0.2, 0) is 6.54 Å². The SMILES string of the molecule is CN=C(NCCN1C(=O)c2ccccc2C1=O)NCc1ccc(C)cc1OCC(F)(F)F. The highest BCUT2D eigenvalue weighted by Crippen LogP contribution is 2.24. The first kappa shape index (κ1) is 23.1. The Morgan fingerprint density at radius 3 is 2.31 bits per heavy atom. The molecule has 0 radical (unpaired) electrons. The van der Waals surface area contributed by atoms with Crippen LogP contribution in [0.1, 0.15) is 31.8 Å². The molecule has 32 heavy (non-hydrogen) atoms. The normalized spacial score (nSPS) is 13.9. The van der Waals surface area contributed by atoms with E-state index in [2.05, 4.69) is 15.6 Å². The summed E-state index contributed by atoms with van der Waals surface area (Å²) in [5.74, 6) is -0.192. The Labute approximate surface area is 183 Å². The van der Waals surface area contributed by atoms with E-state index in [9.17, 15) is 22.8 Å². The van der Waals surface area contributed by atoms with Gasteiger partial charge in [-0.25, -0.2) is 0 Å². The van der Waals surface area contributed by atoms with Gasteiger partial charge in [0.25, 0.3) is 11.8 Å². The number of nitrogens with one attached hydrogen (secondary N) is 2. The number of rotatable bonds is 7. The van der Waals surface area contributed by atoms with E-state index >= 15 is 0 Å². The fourth-order valence-corrected chi connectivity index (χ4v) is 3.23. The molecule has 2 N–H and O–H groups in total. The number of ether oxygens (including phenoxy) is 1. The van der Waals surface area contributed by atoms with Crippen LogP contribution in [0.5, 0.6) is 5.75 Å². The molecule has 0 saturated carbocycles. The van der Waals surface area contributed by atoms with E-state index < -0.39 is 12.8 Å². The third-order valence-electron chi connectivity index (χ3n) is 4.79. The van der Waals surface area contributed by atoms with Gasteiger partial charge in [-0.3, -0.25) is 19.5 Å². The van der Waals surface area contributed by atoms with Gasteiger partial charge in [0.1, 0.15) is 5.75 Å². The second kappa shape index (κ2) is 9.71. The van der Waals surface area contributed by atoms with Crippen LogP contribution in [0.4, 0.5) is 13.2 Å². The molecule has 2 amide bonds. The maximum Gasteiger partial charge on any atom is 0.422 e. The minimum Gasteiger partial charge on any atom is -0.484 e. The number of aryl methyl sites for hydroxylation is 1. The summed E-state index contributed by atoms with van der Waals surface area (Å²) in [6.07, 6.45) is -4.43. The lowest BCUT2D eigenvalue weighted by Gasteiger charge is -2.18. The second-order valence-electron chi connectivity index (χ2n) is 7.18. The topological polar surface area (TPSA) is 83.0 Å².